The third kappa shape index (κ3) is 7.75. The molecule has 3 N–H and O–H groups in total. The van der Waals surface area contributed by atoms with Crippen LogP contribution in [0, 0.1) is 5.92 Å². The van der Waals surface area contributed by atoms with Crippen LogP contribution in [0.4, 0.5) is 4.79 Å². The zero-order chi connectivity index (χ0) is 20.6. The second-order valence-corrected chi connectivity index (χ2v) is 8.15. The summed E-state index contributed by atoms with van der Waals surface area (Å²) in [6.45, 7) is 6.00. The van der Waals surface area contributed by atoms with E-state index in [4.69, 9.17) is 4.74 Å². The molecule has 0 spiro atoms. The van der Waals surface area contributed by atoms with Crippen molar-refractivity contribution in [3.63, 3.8) is 0 Å². The SMILES string of the molecule is CC(C)NC(=O)NC(=O)COC(=O)C(NS(=O)(=O)c1ccccc1)C(C)C. The van der Waals surface area contributed by atoms with Crippen LogP contribution >= 0.6 is 0 Å². The molecule has 1 rings (SSSR count). The lowest BCUT2D eigenvalue weighted by Crippen LogP contribution is -2.47. The highest BCUT2D eigenvalue weighted by molar-refractivity contribution is 7.89. The first-order valence-corrected chi connectivity index (χ1v) is 9.85. The van der Waals surface area contributed by atoms with Crippen molar-refractivity contribution in [2.75, 3.05) is 6.61 Å². The van der Waals surface area contributed by atoms with Crippen LogP contribution in [0.1, 0.15) is 27.7 Å². The highest BCUT2D eigenvalue weighted by Gasteiger charge is 2.30. The number of amides is 3. The zero-order valence-corrected chi connectivity index (χ0v) is 16.5. The summed E-state index contributed by atoms with van der Waals surface area (Å²) >= 11 is 0. The van der Waals surface area contributed by atoms with Crippen LogP contribution in [0.5, 0.6) is 0 Å². The first-order chi connectivity index (χ1) is 12.5. The van der Waals surface area contributed by atoms with E-state index in [1.165, 1.54) is 12.1 Å². The quantitative estimate of drug-likeness (QED) is 0.554. The van der Waals surface area contributed by atoms with Crippen molar-refractivity contribution < 1.29 is 27.5 Å². The Balaban J connectivity index is 2.69. The van der Waals surface area contributed by atoms with Gasteiger partial charge in [-0.2, -0.15) is 4.72 Å². The van der Waals surface area contributed by atoms with Gasteiger partial charge in [-0.25, -0.2) is 13.2 Å². The lowest BCUT2D eigenvalue weighted by Gasteiger charge is -2.20. The summed E-state index contributed by atoms with van der Waals surface area (Å²) in [5, 5.41) is 4.45. The highest BCUT2D eigenvalue weighted by Crippen LogP contribution is 2.12. The van der Waals surface area contributed by atoms with E-state index in [1.54, 1.807) is 45.9 Å². The average Bonchev–Trinajstić information content (AvgIpc) is 2.57. The Bertz CT molecular complexity index is 762. The first kappa shape index (κ1) is 22.6. The van der Waals surface area contributed by atoms with Crippen molar-refractivity contribution >= 4 is 27.9 Å². The molecule has 10 heteroatoms. The average molecular weight is 399 g/mol. The number of nitrogens with one attached hydrogen (secondary N) is 3. The van der Waals surface area contributed by atoms with Crippen molar-refractivity contribution in [1.82, 2.24) is 15.4 Å². The van der Waals surface area contributed by atoms with E-state index < -0.39 is 46.5 Å². The van der Waals surface area contributed by atoms with Crippen LogP contribution in [-0.4, -0.2) is 45.0 Å². The number of hydrogen-bond donors (Lipinski definition) is 3. The van der Waals surface area contributed by atoms with E-state index in [9.17, 15) is 22.8 Å². The van der Waals surface area contributed by atoms with Gasteiger partial charge in [0.25, 0.3) is 5.91 Å². The van der Waals surface area contributed by atoms with Gasteiger partial charge < -0.3 is 10.1 Å². The molecule has 1 aromatic rings. The van der Waals surface area contributed by atoms with Crippen LogP contribution in [0.15, 0.2) is 35.2 Å². The van der Waals surface area contributed by atoms with Gasteiger partial charge in [-0.1, -0.05) is 32.0 Å². The van der Waals surface area contributed by atoms with Gasteiger partial charge in [0.1, 0.15) is 6.04 Å². The first-order valence-electron chi connectivity index (χ1n) is 8.37. The zero-order valence-electron chi connectivity index (χ0n) is 15.7. The van der Waals surface area contributed by atoms with Gasteiger partial charge in [0.2, 0.25) is 10.0 Å². The monoisotopic (exact) mass is 399 g/mol. The lowest BCUT2D eigenvalue weighted by atomic mass is 10.1. The molecule has 9 nitrogen and oxygen atoms in total. The van der Waals surface area contributed by atoms with Gasteiger partial charge in [-0.05, 0) is 31.9 Å². The summed E-state index contributed by atoms with van der Waals surface area (Å²) in [6.07, 6.45) is 0. The number of ether oxygens (including phenoxy) is 1. The molecular weight excluding hydrogens is 374 g/mol. The van der Waals surface area contributed by atoms with E-state index in [0.29, 0.717) is 0 Å². The minimum atomic E-state index is -3.94. The van der Waals surface area contributed by atoms with Gasteiger partial charge in [0.15, 0.2) is 6.61 Å². The topological polar surface area (TPSA) is 131 Å². The van der Waals surface area contributed by atoms with E-state index in [-0.39, 0.29) is 10.9 Å². The Morgan fingerprint density at radius 3 is 2.15 bits per heavy atom. The van der Waals surface area contributed by atoms with Gasteiger partial charge in [0.05, 0.1) is 4.90 Å². The summed E-state index contributed by atoms with van der Waals surface area (Å²) < 4.78 is 31.9. The second kappa shape index (κ2) is 10.0. The summed E-state index contributed by atoms with van der Waals surface area (Å²) in [7, 11) is -3.94. The molecule has 0 aliphatic carbocycles. The molecule has 0 aromatic heterocycles. The van der Waals surface area contributed by atoms with Crippen molar-refractivity contribution in [2.45, 2.75) is 44.7 Å². The molecule has 1 atom stereocenters. The largest absolute Gasteiger partial charge is 0.454 e. The number of sulfonamides is 1. The molecule has 0 radical (unpaired) electrons. The Kier molecular flexibility index (Phi) is 8.38. The standard InChI is InChI=1S/C17H25N3O6S/c1-11(2)15(20-27(24,25)13-8-6-5-7-9-13)16(22)26-10-14(21)19-17(23)18-12(3)4/h5-9,11-12,15,20H,10H2,1-4H3,(H2,18,19,21,23). The highest BCUT2D eigenvalue weighted by atomic mass is 32.2. The number of esters is 1. The predicted molar refractivity (Wildman–Crippen MR) is 98.2 cm³/mol. The fraction of sp³-hybridized carbons (Fsp3) is 0.471. The Morgan fingerprint density at radius 1 is 1.04 bits per heavy atom. The van der Waals surface area contributed by atoms with Crippen molar-refractivity contribution in [2.24, 2.45) is 5.92 Å². The molecule has 0 fully saturated rings. The van der Waals surface area contributed by atoms with Crippen LogP contribution in [0.3, 0.4) is 0 Å². The van der Waals surface area contributed by atoms with Crippen LogP contribution < -0.4 is 15.4 Å². The Hall–Kier alpha value is -2.46. The number of urea groups is 1. The number of carbonyl (C=O) groups excluding carboxylic acids is 3. The molecule has 1 unspecified atom stereocenters. The smallest absolute Gasteiger partial charge is 0.324 e. The fourth-order valence-corrected chi connectivity index (χ4v) is 3.33. The third-order valence-electron chi connectivity index (χ3n) is 3.27. The molecule has 0 heterocycles. The number of imide groups is 1. The number of benzene rings is 1. The second-order valence-electron chi connectivity index (χ2n) is 6.44. The molecule has 0 saturated carbocycles. The molecular formula is C17H25N3O6S. The Morgan fingerprint density at radius 2 is 1.63 bits per heavy atom. The van der Waals surface area contributed by atoms with Crippen molar-refractivity contribution in [3.8, 4) is 0 Å². The molecule has 0 aliphatic rings. The van der Waals surface area contributed by atoms with E-state index in [1.807, 2.05) is 5.32 Å². The third-order valence-corrected chi connectivity index (χ3v) is 4.73. The van der Waals surface area contributed by atoms with Crippen LogP contribution in [-0.2, 0) is 24.3 Å². The number of rotatable bonds is 8. The number of carbonyl (C=O) groups is 3. The predicted octanol–water partition coefficient (Wildman–Crippen LogP) is 0.767. The molecule has 0 aliphatic heterocycles. The van der Waals surface area contributed by atoms with Crippen LogP contribution in [0.2, 0.25) is 0 Å². The molecule has 150 valence electrons. The maximum absolute atomic E-state index is 12.4. The van der Waals surface area contributed by atoms with Gasteiger partial charge >= 0.3 is 12.0 Å². The molecule has 0 saturated heterocycles. The normalized spacial score (nSPS) is 12.5. The van der Waals surface area contributed by atoms with E-state index in [2.05, 4.69) is 10.0 Å². The molecule has 0 bridgehead atoms. The molecule has 27 heavy (non-hydrogen) atoms. The van der Waals surface area contributed by atoms with E-state index >= 15 is 0 Å². The minimum absolute atomic E-state index is 0.00606. The maximum Gasteiger partial charge on any atom is 0.324 e. The summed E-state index contributed by atoms with van der Waals surface area (Å²) in [4.78, 5) is 35.3. The molecule has 1 aromatic carbocycles. The van der Waals surface area contributed by atoms with Crippen molar-refractivity contribution in [3.05, 3.63) is 30.3 Å². The lowest BCUT2D eigenvalue weighted by molar-refractivity contribution is -0.150. The fourth-order valence-electron chi connectivity index (χ4n) is 1.98. The minimum Gasteiger partial charge on any atom is -0.454 e. The van der Waals surface area contributed by atoms with Gasteiger partial charge in [-0.15, -0.1) is 0 Å². The van der Waals surface area contributed by atoms with Gasteiger partial charge in [0, 0.05) is 6.04 Å². The maximum atomic E-state index is 12.4. The summed E-state index contributed by atoms with van der Waals surface area (Å²) in [5.74, 6) is -2.16. The van der Waals surface area contributed by atoms with Gasteiger partial charge in [-0.3, -0.25) is 14.9 Å². The van der Waals surface area contributed by atoms with Crippen molar-refractivity contribution in [1.29, 1.82) is 0 Å². The summed E-state index contributed by atoms with van der Waals surface area (Å²) in [6, 6.07) is 5.51. The molecule has 3 amide bonds. The summed E-state index contributed by atoms with van der Waals surface area (Å²) in [5.41, 5.74) is 0. The Labute approximate surface area is 158 Å². The van der Waals surface area contributed by atoms with Crippen LogP contribution in [0.25, 0.3) is 0 Å². The van der Waals surface area contributed by atoms with E-state index in [0.717, 1.165) is 0 Å². The number of hydrogen-bond acceptors (Lipinski definition) is 6.